The largest absolute Gasteiger partial charge is 0.318 e. The number of hydrogen-bond acceptors (Lipinski definition) is 2. The number of nitrogens with one attached hydrogen (secondary N) is 1. The van der Waals surface area contributed by atoms with E-state index in [4.69, 9.17) is 0 Å². The van der Waals surface area contributed by atoms with Crippen LogP contribution in [0.1, 0.15) is 18.9 Å². The molecule has 1 aromatic carbocycles. The summed E-state index contributed by atoms with van der Waals surface area (Å²) in [6.07, 6.45) is 1.18. The smallest absolute Gasteiger partial charge is 0.0234 e. The quantitative estimate of drug-likeness (QED) is 0.767. The van der Waals surface area contributed by atoms with Crippen molar-refractivity contribution in [3.05, 3.63) is 35.9 Å². The van der Waals surface area contributed by atoms with Gasteiger partial charge in [-0.25, -0.2) is 0 Å². The summed E-state index contributed by atoms with van der Waals surface area (Å²) in [4.78, 5) is 2.41. The first-order valence-electron chi connectivity index (χ1n) is 5.66. The van der Waals surface area contributed by atoms with E-state index < -0.39 is 0 Å². The van der Waals surface area contributed by atoms with Crippen molar-refractivity contribution in [3.8, 4) is 0 Å². The fourth-order valence-corrected chi connectivity index (χ4v) is 1.85. The molecule has 15 heavy (non-hydrogen) atoms. The van der Waals surface area contributed by atoms with Crippen LogP contribution in [0.4, 0.5) is 0 Å². The topological polar surface area (TPSA) is 15.3 Å². The summed E-state index contributed by atoms with van der Waals surface area (Å²) < 4.78 is 0. The summed E-state index contributed by atoms with van der Waals surface area (Å²) >= 11 is 0. The molecule has 0 aromatic heterocycles. The van der Waals surface area contributed by atoms with E-state index in [1.165, 1.54) is 12.0 Å². The van der Waals surface area contributed by atoms with Gasteiger partial charge in [0.1, 0.15) is 0 Å². The van der Waals surface area contributed by atoms with E-state index in [0.717, 1.165) is 13.1 Å². The van der Waals surface area contributed by atoms with Gasteiger partial charge in [-0.1, -0.05) is 37.3 Å². The maximum absolute atomic E-state index is 3.24. The van der Waals surface area contributed by atoms with Gasteiger partial charge in [0.05, 0.1) is 0 Å². The number of likely N-dealkylation sites (N-methyl/N-ethyl adjacent to an activating group) is 2. The second-order valence-corrected chi connectivity index (χ2v) is 4.02. The third kappa shape index (κ3) is 4.02. The van der Waals surface area contributed by atoms with Gasteiger partial charge in [0.25, 0.3) is 0 Å². The van der Waals surface area contributed by atoms with Crippen molar-refractivity contribution in [3.63, 3.8) is 0 Å². The molecule has 0 bridgehead atoms. The Hall–Kier alpha value is -0.860. The van der Waals surface area contributed by atoms with Gasteiger partial charge in [-0.3, -0.25) is 4.90 Å². The van der Waals surface area contributed by atoms with Crippen LogP contribution < -0.4 is 5.32 Å². The first-order chi connectivity index (χ1) is 7.27. The molecule has 0 radical (unpaired) electrons. The minimum absolute atomic E-state index is 0.621. The van der Waals surface area contributed by atoms with Gasteiger partial charge in [-0.2, -0.15) is 0 Å². The van der Waals surface area contributed by atoms with Crippen LogP contribution in [0.15, 0.2) is 30.3 Å². The van der Waals surface area contributed by atoms with Gasteiger partial charge >= 0.3 is 0 Å². The molecule has 2 heteroatoms. The lowest BCUT2D eigenvalue weighted by atomic mass is 10.1. The summed E-state index contributed by atoms with van der Waals surface area (Å²) in [7, 11) is 4.21. The molecule has 0 saturated heterocycles. The van der Waals surface area contributed by atoms with E-state index in [2.05, 4.69) is 54.5 Å². The van der Waals surface area contributed by atoms with Crippen molar-refractivity contribution < 1.29 is 0 Å². The summed E-state index contributed by atoms with van der Waals surface area (Å²) in [6, 6.07) is 11.2. The SMILES string of the molecule is CCC(CNC)N(C)Cc1ccccc1. The van der Waals surface area contributed by atoms with Crippen LogP contribution in [0.5, 0.6) is 0 Å². The van der Waals surface area contributed by atoms with E-state index in [-0.39, 0.29) is 0 Å². The Labute approximate surface area is 93.3 Å². The third-order valence-electron chi connectivity index (χ3n) is 2.81. The molecule has 1 aromatic rings. The Balaban J connectivity index is 2.50. The number of hydrogen-bond donors (Lipinski definition) is 1. The van der Waals surface area contributed by atoms with Crippen LogP contribution in [0.3, 0.4) is 0 Å². The van der Waals surface area contributed by atoms with Gasteiger partial charge in [-0.05, 0) is 26.1 Å². The highest BCUT2D eigenvalue weighted by molar-refractivity contribution is 5.14. The van der Waals surface area contributed by atoms with Crippen LogP contribution >= 0.6 is 0 Å². The maximum atomic E-state index is 3.24. The van der Waals surface area contributed by atoms with Crippen LogP contribution in [-0.4, -0.2) is 31.6 Å². The van der Waals surface area contributed by atoms with Crippen molar-refractivity contribution >= 4 is 0 Å². The number of rotatable bonds is 6. The third-order valence-corrected chi connectivity index (χ3v) is 2.81. The van der Waals surface area contributed by atoms with E-state index >= 15 is 0 Å². The lowest BCUT2D eigenvalue weighted by Crippen LogP contribution is -2.38. The van der Waals surface area contributed by atoms with Crippen molar-refractivity contribution in [2.24, 2.45) is 0 Å². The predicted molar refractivity (Wildman–Crippen MR) is 65.9 cm³/mol. The molecule has 1 atom stereocenters. The normalized spacial score (nSPS) is 13.1. The van der Waals surface area contributed by atoms with Crippen molar-refractivity contribution in [2.45, 2.75) is 25.9 Å². The molecule has 0 aliphatic heterocycles. The van der Waals surface area contributed by atoms with E-state index in [0.29, 0.717) is 6.04 Å². The molecule has 0 fully saturated rings. The Morgan fingerprint density at radius 2 is 1.93 bits per heavy atom. The monoisotopic (exact) mass is 206 g/mol. The second kappa shape index (κ2) is 6.59. The van der Waals surface area contributed by atoms with Crippen molar-refractivity contribution in [1.82, 2.24) is 10.2 Å². The maximum Gasteiger partial charge on any atom is 0.0234 e. The van der Waals surface area contributed by atoms with Crippen molar-refractivity contribution in [1.29, 1.82) is 0 Å². The van der Waals surface area contributed by atoms with Gasteiger partial charge < -0.3 is 5.32 Å². The Kier molecular flexibility index (Phi) is 5.37. The lowest BCUT2D eigenvalue weighted by molar-refractivity contribution is 0.224. The first-order valence-corrected chi connectivity index (χ1v) is 5.66. The zero-order valence-corrected chi connectivity index (χ0v) is 10.0. The average molecular weight is 206 g/mol. The summed E-state index contributed by atoms with van der Waals surface area (Å²) in [5, 5.41) is 3.24. The number of nitrogens with zero attached hydrogens (tertiary/aromatic N) is 1. The Morgan fingerprint density at radius 3 is 2.47 bits per heavy atom. The minimum atomic E-state index is 0.621. The molecule has 2 nitrogen and oxygen atoms in total. The summed E-state index contributed by atoms with van der Waals surface area (Å²) in [5.41, 5.74) is 1.38. The molecule has 0 spiro atoms. The van der Waals surface area contributed by atoms with Crippen LogP contribution in [0.2, 0.25) is 0 Å². The van der Waals surface area contributed by atoms with Gasteiger partial charge in [0.15, 0.2) is 0 Å². The molecule has 0 heterocycles. The number of benzene rings is 1. The molecule has 84 valence electrons. The van der Waals surface area contributed by atoms with E-state index in [1.54, 1.807) is 0 Å². The molecule has 0 amide bonds. The molecule has 1 rings (SSSR count). The van der Waals surface area contributed by atoms with Crippen molar-refractivity contribution in [2.75, 3.05) is 20.6 Å². The molecule has 1 unspecified atom stereocenters. The predicted octanol–water partition coefficient (Wildman–Crippen LogP) is 2.12. The lowest BCUT2D eigenvalue weighted by Gasteiger charge is -2.26. The summed E-state index contributed by atoms with van der Waals surface area (Å²) in [5.74, 6) is 0. The van der Waals surface area contributed by atoms with Crippen LogP contribution in [0, 0.1) is 0 Å². The molecule has 0 aliphatic rings. The van der Waals surface area contributed by atoms with Gasteiger partial charge in [0.2, 0.25) is 0 Å². The zero-order valence-electron chi connectivity index (χ0n) is 10.0. The fraction of sp³-hybridized carbons (Fsp3) is 0.538. The molecular weight excluding hydrogens is 184 g/mol. The highest BCUT2D eigenvalue weighted by atomic mass is 15.1. The Morgan fingerprint density at radius 1 is 1.27 bits per heavy atom. The van der Waals surface area contributed by atoms with Gasteiger partial charge in [-0.15, -0.1) is 0 Å². The Bertz CT molecular complexity index is 258. The minimum Gasteiger partial charge on any atom is -0.318 e. The molecular formula is C13H22N2. The molecule has 1 N–H and O–H groups in total. The van der Waals surface area contributed by atoms with Gasteiger partial charge in [0, 0.05) is 19.1 Å². The van der Waals surface area contributed by atoms with E-state index in [9.17, 15) is 0 Å². The van der Waals surface area contributed by atoms with Crippen LogP contribution in [-0.2, 0) is 6.54 Å². The second-order valence-electron chi connectivity index (χ2n) is 4.02. The highest BCUT2D eigenvalue weighted by Gasteiger charge is 2.11. The highest BCUT2D eigenvalue weighted by Crippen LogP contribution is 2.07. The van der Waals surface area contributed by atoms with E-state index in [1.807, 2.05) is 7.05 Å². The molecule has 0 aliphatic carbocycles. The van der Waals surface area contributed by atoms with Crippen LogP contribution in [0.25, 0.3) is 0 Å². The first kappa shape index (κ1) is 12.2. The average Bonchev–Trinajstić information content (AvgIpc) is 2.27. The fourth-order valence-electron chi connectivity index (χ4n) is 1.85. The zero-order chi connectivity index (χ0) is 11.1. The standard InChI is InChI=1S/C13H22N2/c1-4-13(10-14-2)15(3)11-12-8-6-5-7-9-12/h5-9,13-14H,4,10-11H2,1-3H3. The molecule has 0 saturated carbocycles. The summed E-state index contributed by atoms with van der Waals surface area (Å²) in [6.45, 7) is 4.32.